The minimum absolute atomic E-state index is 0. The normalized spacial score (nSPS) is 12.6. The van der Waals surface area contributed by atoms with Crippen LogP contribution in [0.25, 0.3) is 27.6 Å². The summed E-state index contributed by atoms with van der Waals surface area (Å²) in [6, 6.07) is 35.1. The number of ether oxygens (including phenoxy) is 1. The van der Waals surface area contributed by atoms with E-state index >= 15 is 0 Å². The number of hydrogen-bond donors (Lipinski definition) is 0. The molecule has 0 bridgehead atoms. The topological polar surface area (TPSA) is 46.4 Å². The second-order valence-corrected chi connectivity index (χ2v) is 8.57. The predicted octanol–water partition coefficient (Wildman–Crippen LogP) is 6.67. The van der Waals surface area contributed by atoms with E-state index in [0.29, 0.717) is 11.6 Å². The van der Waals surface area contributed by atoms with E-state index in [9.17, 15) is 0 Å². The van der Waals surface area contributed by atoms with Crippen LogP contribution in [0.5, 0.6) is 11.6 Å². The van der Waals surface area contributed by atoms with Gasteiger partial charge >= 0.3 is 0 Å². The molecule has 0 radical (unpaired) electrons. The van der Waals surface area contributed by atoms with Crippen molar-refractivity contribution < 1.29 is 25.8 Å². The number of para-hydroxylation sites is 3. The van der Waals surface area contributed by atoms with E-state index < -0.39 is 0 Å². The third-order valence-electron chi connectivity index (χ3n) is 6.37. The van der Waals surface area contributed by atoms with Crippen LogP contribution in [0.2, 0.25) is 0 Å². The van der Waals surface area contributed by atoms with Gasteiger partial charge in [0.15, 0.2) is 0 Å². The standard InChI is InChI=1S/C30H20N5O.Pt/c1-33-20-34(27-11-5-4-10-26(27)33)21-15-17-32-30(18-21)36-22-13-14-24-23-8-2-3-9-25(23)35(28(24)19-22)29-12-6-7-16-31-29;/h2-17,20H,1H3;/q-3;. The van der Waals surface area contributed by atoms with Crippen molar-refractivity contribution in [1.82, 2.24) is 14.5 Å². The van der Waals surface area contributed by atoms with Crippen LogP contribution in [0, 0.1) is 18.8 Å². The summed E-state index contributed by atoms with van der Waals surface area (Å²) in [5.41, 5.74) is 5.03. The summed E-state index contributed by atoms with van der Waals surface area (Å²) < 4.78 is 8.29. The Hall–Kier alpha value is -4.15. The molecule has 7 heteroatoms. The van der Waals surface area contributed by atoms with Crippen LogP contribution >= 0.6 is 0 Å². The molecule has 1 aliphatic heterocycles. The first-order valence-electron chi connectivity index (χ1n) is 11.7. The summed E-state index contributed by atoms with van der Waals surface area (Å²) in [6.07, 6.45) is 3.53. The van der Waals surface area contributed by atoms with Crippen molar-refractivity contribution in [1.29, 1.82) is 0 Å². The van der Waals surface area contributed by atoms with Crippen molar-refractivity contribution in [3.8, 4) is 17.4 Å². The van der Waals surface area contributed by atoms with E-state index in [1.165, 1.54) is 0 Å². The van der Waals surface area contributed by atoms with Gasteiger partial charge in [0.2, 0.25) is 0 Å². The van der Waals surface area contributed by atoms with E-state index in [-0.39, 0.29) is 21.1 Å². The van der Waals surface area contributed by atoms with Gasteiger partial charge in [-0.3, -0.25) is 4.98 Å². The Morgan fingerprint density at radius 3 is 2.43 bits per heavy atom. The van der Waals surface area contributed by atoms with Crippen LogP contribution in [0.4, 0.5) is 17.1 Å². The van der Waals surface area contributed by atoms with Crippen molar-refractivity contribution in [3.63, 3.8) is 0 Å². The molecule has 0 saturated carbocycles. The van der Waals surface area contributed by atoms with Gasteiger partial charge in [-0.1, -0.05) is 41.9 Å². The number of aromatic nitrogens is 3. The van der Waals surface area contributed by atoms with Crippen molar-refractivity contribution in [2.75, 3.05) is 16.8 Å². The zero-order valence-corrected chi connectivity index (χ0v) is 22.0. The van der Waals surface area contributed by atoms with Gasteiger partial charge in [-0.05, 0) is 49.0 Å². The van der Waals surface area contributed by atoms with Crippen LogP contribution in [-0.2, 0) is 21.1 Å². The van der Waals surface area contributed by atoms with Gasteiger partial charge in [0.1, 0.15) is 11.7 Å². The number of pyridine rings is 2. The molecule has 0 spiro atoms. The maximum Gasteiger partial charge on any atom is 0.135 e. The molecule has 0 N–H and O–H groups in total. The van der Waals surface area contributed by atoms with E-state index in [4.69, 9.17) is 4.74 Å². The van der Waals surface area contributed by atoms with Gasteiger partial charge in [-0.15, -0.1) is 17.5 Å². The number of nitrogens with zero attached hydrogens (tertiary/aromatic N) is 5. The van der Waals surface area contributed by atoms with Crippen LogP contribution in [0.3, 0.4) is 0 Å². The molecule has 0 aliphatic carbocycles. The molecule has 7 rings (SSSR count). The summed E-state index contributed by atoms with van der Waals surface area (Å²) in [5.74, 6) is 1.77. The summed E-state index contributed by atoms with van der Waals surface area (Å²) in [5, 5.41) is 2.22. The van der Waals surface area contributed by atoms with Gasteiger partial charge in [0.25, 0.3) is 0 Å². The monoisotopic (exact) mass is 661 g/mol. The SMILES string of the molecule is CN1[CH-]N(c2[c-]c(Oc3[c-]c4c(cc3)c3ccccc3n4-c3ccccn3)ncc2)c2ccccc21.[Pt]. The molecule has 0 unspecified atom stereocenters. The largest absolute Gasteiger partial charge is 0.504 e. The minimum Gasteiger partial charge on any atom is -0.504 e. The zero-order valence-electron chi connectivity index (χ0n) is 19.8. The Bertz CT molecular complexity index is 1730. The molecule has 0 amide bonds. The zero-order chi connectivity index (χ0) is 24.1. The van der Waals surface area contributed by atoms with Crippen LogP contribution in [0.1, 0.15) is 0 Å². The third-order valence-corrected chi connectivity index (χ3v) is 6.37. The first-order valence-corrected chi connectivity index (χ1v) is 11.7. The summed E-state index contributed by atoms with van der Waals surface area (Å²) in [4.78, 5) is 13.2. The van der Waals surface area contributed by atoms with E-state index in [2.05, 4.69) is 66.8 Å². The smallest absolute Gasteiger partial charge is 0.135 e. The average Bonchev–Trinajstić information content (AvgIpc) is 3.44. The quantitative estimate of drug-likeness (QED) is 0.198. The Kier molecular flexibility index (Phi) is 5.90. The van der Waals surface area contributed by atoms with Gasteiger partial charge in [0, 0.05) is 49.9 Å². The first kappa shape index (κ1) is 23.3. The molecule has 6 aromatic rings. The Labute approximate surface area is 229 Å². The number of hydrogen-bond acceptors (Lipinski definition) is 5. The van der Waals surface area contributed by atoms with Crippen molar-refractivity contribution in [3.05, 3.63) is 116 Å². The molecule has 3 aromatic heterocycles. The minimum atomic E-state index is 0. The van der Waals surface area contributed by atoms with Crippen molar-refractivity contribution >= 4 is 38.9 Å². The maximum atomic E-state index is 6.18. The molecular weight excluding hydrogens is 641 g/mol. The number of benzene rings is 3. The van der Waals surface area contributed by atoms with Crippen LogP contribution in [-0.4, -0.2) is 21.6 Å². The molecule has 4 heterocycles. The molecule has 6 nitrogen and oxygen atoms in total. The third kappa shape index (κ3) is 3.94. The van der Waals surface area contributed by atoms with Gasteiger partial charge < -0.3 is 19.1 Å². The molecule has 0 fully saturated rings. The molecule has 1 aliphatic rings. The number of fused-ring (bicyclic) bond motifs is 4. The molecule has 0 atom stereocenters. The Balaban J connectivity index is 0.00000252. The maximum absolute atomic E-state index is 6.18. The Morgan fingerprint density at radius 1 is 0.757 bits per heavy atom. The second-order valence-electron chi connectivity index (χ2n) is 8.57. The number of rotatable bonds is 4. The van der Waals surface area contributed by atoms with E-state index in [1.54, 1.807) is 12.4 Å². The van der Waals surface area contributed by atoms with Crippen molar-refractivity contribution in [2.24, 2.45) is 0 Å². The fraction of sp³-hybridized carbons (Fsp3) is 0.0333. The second kappa shape index (κ2) is 9.38. The predicted molar refractivity (Wildman–Crippen MR) is 142 cm³/mol. The van der Waals surface area contributed by atoms with E-state index in [0.717, 1.165) is 44.7 Å². The molecular formula is C30H20N5OPt-3. The summed E-state index contributed by atoms with van der Waals surface area (Å²) >= 11 is 0. The summed E-state index contributed by atoms with van der Waals surface area (Å²) in [6.45, 7) is 2.03. The average molecular weight is 662 g/mol. The van der Waals surface area contributed by atoms with E-state index in [1.807, 2.05) is 68.3 Å². The number of anilines is 3. The molecule has 3 aromatic carbocycles. The Morgan fingerprint density at radius 2 is 1.57 bits per heavy atom. The van der Waals surface area contributed by atoms with Gasteiger partial charge in [0.05, 0.1) is 0 Å². The van der Waals surface area contributed by atoms with Crippen LogP contribution in [0.15, 0.2) is 97.3 Å². The summed E-state index contributed by atoms with van der Waals surface area (Å²) in [7, 11) is 2.03. The van der Waals surface area contributed by atoms with Gasteiger partial charge in [-0.2, -0.15) is 30.6 Å². The fourth-order valence-electron chi connectivity index (χ4n) is 4.77. The first-order chi connectivity index (χ1) is 17.8. The molecule has 184 valence electrons. The molecule has 37 heavy (non-hydrogen) atoms. The van der Waals surface area contributed by atoms with Crippen molar-refractivity contribution in [2.45, 2.75) is 0 Å². The van der Waals surface area contributed by atoms with Gasteiger partial charge in [-0.25, -0.2) is 4.98 Å². The fourth-order valence-corrected chi connectivity index (χ4v) is 4.77. The van der Waals surface area contributed by atoms with Crippen LogP contribution < -0.4 is 14.5 Å². The molecule has 0 saturated heterocycles.